The van der Waals surface area contributed by atoms with Gasteiger partial charge in [-0.15, -0.1) is 0 Å². The van der Waals surface area contributed by atoms with Gasteiger partial charge in [-0.2, -0.15) is 0 Å². The minimum atomic E-state index is -0.883. The van der Waals surface area contributed by atoms with Crippen LogP contribution in [0.25, 0.3) is 11.6 Å². The first kappa shape index (κ1) is 33.0. The molecule has 3 aromatic rings. The summed E-state index contributed by atoms with van der Waals surface area (Å²) in [6, 6.07) is 18.6. The smallest absolute Gasteiger partial charge is 0.335 e. The fourth-order valence-corrected chi connectivity index (χ4v) is 6.27. The number of aryl methyl sites for hydroxylation is 1. The predicted molar refractivity (Wildman–Crippen MR) is 178 cm³/mol. The van der Waals surface area contributed by atoms with Crippen LogP contribution >= 0.6 is 0 Å². The molecular weight excluding hydrogens is 518 g/mol. The zero-order chi connectivity index (χ0) is 31.1. The summed E-state index contributed by atoms with van der Waals surface area (Å²) in [4.78, 5) is 11.2. The van der Waals surface area contributed by atoms with Gasteiger partial charge in [-0.1, -0.05) is 104 Å². The van der Waals surface area contributed by atoms with Crippen molar-refractivity contribution in [3.8, 4) is 5.75 Å². The largest absolute Gasteiger partial charge is 0.508 e. The van der Waals surface area contributed by atoms with Gasteiger partial charge in [0.15, 0.2) is 0 Å². The Labute approximate surface area is 253 Å². The molecule has 0 fully saturated rings. The number of aromatic hydroxyl groups is 1. The first-order valence-electron chi connectivity index (χ1n) is 15.5. The number of carboxylic acid groups (broad SMARTS) is 1. The molecule has 0 saturated heterocycles. The summed E-state index contributed by atoms with van der Waals surface area (Å²) in [5.41, 5.74) is 14.7. The number of anilines is 1. The lowest BCUT2D eigenvalue weighted by Gasteiger charge is -2.32. The third-order valence-corrected chi connectivity index (χ3v) is 9.46. The van der Waals surface area contributed by atoms with Crippen LogP contribution in [-0.2, 0) is 17.3 Å². The van der Waals surface area contributed by atoms with Gasteiger partial charge in [0.1, 0.15) is 5.75 Å². The van der Waals surface area contributed by atoms with Crippen molar-refractivity contribution in [1.82, 2.24) is 0 Å². The SMILES string of the molecule is CCCCCCCCc1cc2c(cc1C(C)=Cc1ccc(C(=O)O)cc1)C(C)(C)C(C)C2(C)C.Nc1ccc(O)cc1. The molecule has 0 heterocycles. The average Bonchev–Trinajstić information content (AvgIpc) is 3.08. The number of benzene rings is 3. The van der Waals surface area contributed by atoms with Crippen molar-refractivity contribution < 1.29 is 15.0 Å². The van der Waals surface area contributed by atoms with Crippen LogP contribution in [0.5, 0.6) is 5.75 Å². The molecule has 4 heteroatoms. The summed E-state index contributed by atoms with van der Waals surface area (Å²) in [7, 11) is 0. The maximum absolute atomic E-state index is 11.2. The maximum Gasteiger partial charge on any atom is 0.335 e. The number of rotatable bonds is 10. The molecule has 0 radical (unpaired) electrons. The third kappa shape index (κ3) is 7.85. The van der Waals surface area contributed by atoms with Crippen molar-refractivity contribution in [1.29, 1.82) is 0 Å². The summed E-state index contributed by atoms with van der Waals surface area (Å²) >= 11 is 0. The van der Waals surface area contributed by atoms with Gasteiger partial charge in [0, 0.05) is 5.69 Å². The summed E-state index contributed by atoms with van der Waals surface area (Å²) in [5, 5.41) is 17.9. The number of allylic oxidation sites excluding steroid dienone is 1. The highest BCUT2D eigenvalue weighted by molar-refractivity contribution is 5.88. The van der Waals surface area contributed by atoms with Crippen molar-refractivity contribution in [2.24, 2.45) is 5.92 Å². The zero-order valence-corrected chi connectivity index (χ0v) is 26.8. The molecule has 1 unspecified atom stereocenters. The first-order valence-corrected chi connectivity index (χ1v) is 15.5. The summed E-state index contributed by atoms with van der Waals surface area (Å²) in [6.07, 6.45) is 11.1. The lowest BCUT2D eigenvalue weighted by molar-refractivity contribution is 0.0697. The standard InChI is InChI=1S/C32H44O2.C6H7NO/c1-8-9-10-11-12-13-14-26-20-28-29(32(6,7)23(3)31(28,4)5)21-27(26)22(2)19-24-15-17-25(18-16-24)30(33)34;7-5-1-3-6(8)4-2-5/h15-21,23H,8-14H2,1-7H3,(H,33,34);1-4,8H,7H2. The van der Waals surface area contributed by atoms with Crippen molar-refractivity contribution in [2.45, 2.75) is 104 Å². The number of fused-ring (bicyclic) bond motifs is 1. The van der Waals surface area contributed by atoms with E-state index < -0.39 is 5.97 Å². The van der Waals surface area contributed by atoms with Crippen molar-refractivity contribution in [2.75, 3.05) is 5.73 Å². The Kier molecular flexibility index (Phi) is 11.1. The number of phenolic OH excluding ortho intramolecular Hbond substituents is 1. The molecule has 4 N–H and O–H groups in total. The van der Waals surface area contributed by atoms with E-state index in [1.165, 1.54) is 66.4 Å². The second-order valence-corrected chi connectivity index (χ2v) is 13.1. The van der Waals surface area contributed by atoms with Crippen molar-refractivity contribution >= 4 is 23.3 Å². The first-order chi connectivity index (χ1) is 19.8. The van der Waals surface area contributed by atoms with Crippen LogP contribution in [0.1, 0.15) is 125 Å². The minimum Gasteiger partial charge on any atom is -0.508 e. The van der Waals surface area contributed by atoms with E-state index in [0.29, 0.717) is 17.2 Å². The minimum absolute atomic E-state index is 0.135. The summed E-state index contributed by atoms with van der Waals surface area (Å²) < 4.78 is 0. The molecule has 1 aliphatic carbocycles. The Bertz CT molecular complexity index is 1340. The molecule has 0 saturated carbocycles. The van der Waals surface area contributed by atoms with E-state index in [1.54, 1.807) is 36.4 Å². The Morgan fingerprint density at radius 3 is 1.95 bits per heavy atom. The molecule has 4 nitrogen and oxygen atoms in total. The van der Waals surface area contributed by atoms with E-state index in [1.807, 2.05) is 12.1 Å². The van der Waals surface area contributed by atoms with Gasteiger partial charge in [0.2, 0.25) is 0 Å². The number of phenols is 1. The van der Waals surface area contributed by atoms with E-state index >= 15 is 0 Å². The van der Waals surface area contributed by atoms with Crippen LogP contribution in [0, 0.1) is 5.92 Å². The van der Waals surface area contributed by atoms with Crippen LogP contribution in [0.3, 0.4) is 0 Å². The van der Waals surface area contributed by atoms with E-state index in [0.717, 1.165) is 12.0 Å². The fourth-order valence-electron chi connectivity index (χ4n) is 6.27. The highest BCUT2D eigenvalue weighted by Gasteiger charge is 2.48. The third-order valence-electron chi connectivity index (χ3n) is 9.46. The molecule has 1 aliphatic rings. The van der Waals surface area contributed by atoms with E-state index in [4.69, 9.17) is 10.8 Å². The quantitative estimate of drug-likeness (QED) is 0.0981. The number of hydrogen-bond acceptors (Lipinski definition) is 3. The highest BCUT2D eigenvalue weighted by atomic mass is 16.4. The number of nitrogen functional groups attached to an aromatic ring is 1. The van der Waals surface area contributed by atoms with Gasteiger partial charge in [-0.25, -0.2) is 4.79 Å². The predicted octanol–water partition coefficient (Wildman–Crippen LogP) is 10.0. The normalized spacial score (nSPS) is 16.8. The number of nitrogens with two attached hydrogens (primary N) is 1. The second-order valence-electron chi connectivity index (χ2n) is 13.1. The van der Waals surface area contributed by atoms with E-state index in [9.17, 15) is 9.90 Å². The van der Waals surface area contributed by atoms with E-state index in [-0.39, 0.29) is 16.6 Å². The second kappa shape index (κ2) is 14.1. The number of carbonyl (C=O) groups is 1. The lowest BCUT2D eigenvalue weighted by Crippen LogP contribution is -2.30. The molecule has 226 valence electrons. The topological polar surface area (TPSA) is 83.5 Å². The molecule has 4 rings (SSSR count). The van der Waals surface area contributed by atoms with E-state index in [2.05, 4.69) is 66.7 Å². The zero-order valence-electron chi connectivity index (χ0n) is 26.8. The molecule has 3 aromatic carbocycles. The molecule has 0 aliphatic heterocycles. The van der Waals surface area contributed by atoms with Crippen molar-refractivity contribution in [3.63, 3.8) is 0 Å². The molecule has 42 heavy (non-hydrogen) atoms. The maximum atomic E-state index is 11.2. The monoisotopic (exact) mass is 569 g/mol. The van der Waals surface area contributed by atoms with Crippen molar-refractivity contribution in [3.05, 3.63) is 94.0 Å². The molecule has 0 bridgehead atoms. The molecule has 0 amide bonds. The van der Waals surface area contributed by atoms with Crippen LogP contribution in [0.15, 0.2) is 60.7 Å². The van der Waals surface area contributed by atoms with Crippen LogP contribution in [0.4, 0.5) is 5.69 Å². The highest BCUT2D eigenvalue weighted by Crippen LogP contribution is 2.54. The van der Waals surface area contributed by atoms with Gasteiger partial charge < -0.3 is 15.9 Å². The Morgan fingerprint density at radius 2 is 1.40 bits per heavy atom. The number of aromatic carboxylic acids is 1. The molecule has 1 atom stereocenters. The number of unbranched alkanes of at least 4 members (excludes halogenated alkanes) is 5. The van der Waals surface area contributed by atoms with Gasteiger partial charge >= 0.3 is 5.97 Å². The van der Waals surface area contributed by atoms with Gasteiger partial charge in [0.05, 0.1) is 5.56 Å². The van der Waals surface area contributed by atoms with Crippen LogP contribution < -0.4 is 5.73 Å². The molecular formula is C38H51NO3. The average molecular weight is 570 g/mol. The Hall–Kier alpha value is -3.53. The number of carboxylic acids is 1. The Balaban J connectivity index is 0.000000521. The number of hydrogen-bond donors (Lipinski definition) is 3. The summed E-state index contributed by atoms with van der Waals surface area (Å²) in [6.45, 7) is 16.5. The molecule has 0 spiro atoms. The fraction of sp³-hybridized carbons (Fsp3) is 0.447. The van der Waals surface area contributed by atoms with Crippen LogP contribution in [0.2, 0.25) is 0 Å². The Morgan fingerprint density at radius 1 is 0.857 bits per heavy atom. The van der Waals surface area contributed by atoms with Gasteiger partial charge in [-0.05, 0) is 106 Å². The van der Waals surface area contributed by atoms with Gasteiger partial charge in [-0.3, -0.25) is 0 Å². The summed E-state index contributed by atoms with van der Waals surface area (Å²) in [5.74, 6) is -0.0646. The lowest BCUT2D eigenvalue weighted by atomic mass is 9.71. The van der Waals surface area contributed by atoms with Crippen LogP contribution in [-0.4, -0.2) is 16.2 Å². The van der Waals surface area contributed by atoms with Gasteiger partial charge in [0.25, 0.3) is 0 Å². The molecule has 0 aromatic heterocycles.